The summed E-state index contributed by atoms with van der Waals surface area (Å²) in [6.45, 7) is 1.84. The number of nitriles is 2. The lowest BCUT2D eigenvalue weighted by molar-refractivity contribution is 1.16. The Labute approximate surface area is 133 Å². The largest absolute Gasteiger partial charge is 0.399 e. The van der Waals surface area contributed by atoms with Crippen LogP contribution in [0.2, 0.25) is 0 Å². The summed E-state index contributed by atoms with van der Waals surface area (Å²) in [4.78, 5) is 1.87. The molecule has 2 aromatic carbocycles. The van der Waals surface area contributed by atoms with E-state index in [1.165, 1.54) is 0 Å². The predicted molar refractivity (Wildman–Crippen MR) is 91.6 cm³/mol. The van der Waals surface area contributed by atoms with Gasteiger partial charge in [-0.1, -0.05) is 0 Å². The molecule has 0 bridgehead atoms. The van der Waals surface area contributed by atoms with Crippen LogP contribution >= 0.6 is 0 Å². The summed E-state index contributed by atoms with van der Waals surface area (Å²) in [6.07, 6.45) is 0. The summed E-state index contributed by atoms with van der Waals surface area (Å²) in [5.41, 5.74) is 23.1. The van der Waals surface area contributed by atoms with Crippen LogP contribution in [0.4, 0.5) is 39.8 Å². The molecule has 0 aliphatic carbocycles. The van der Waals surface area contributed by atoms with Crippen molar-refractivity contribution < 1.29 is 0 Å². The highest BCUT2D eigenvalue weighted by molar-refractivity contribution is 6.03. The van der Waals surface area contributed by atoms with Gasteiger partial charge in [-0.25, -0.2) is 0 Å². The molecule has 0 spiro atoms. The third-order valence-electron chi connectivity index (χ3n) is 4.12. The van der Waals surface area contributed by atoms with Crippen molar-refractivity contribution in [3.05, 3.63) is 28.8 Å². The molecule has 1 aliphatic rings. The Balaban J connectivity index is 2.39. The van der Waals surface area contributed by atoms with Crippen molar-refractivity contribution in [2.45, 2.75) is 6.92 Å². The first-order valence-corrected chi connectivity index (χ1v) is 6.86. The summed E-state index contributed by atoms with van der Waals surface area (Å²) in [7, 11) is 1.84. The fourth-order valence-corrected chi connectivity index (χ4v) is 2.94. The van der Waals surface area contributed by atoms with Crippen molar-refractivity contribution in [3.63, 3.8) is 0 Å². The topological polar surface area (TPSA) is 141 Å². The van der Waals surface area contributed by atoms with Gasteiger partial charge in [0.05, 0.1) is 39.7 Å². The average molecular weight is 305 g/mol. The summed E-state index contributed by atoms with van der Waals surface area (Å²) < 4.78 is 0. The highest BCUT2D eigenvalue weighted by atomic mass is 15.2. The van der Waals surface area contributed by atoms with Gasteiger partial charge in [0.25, 0.3) is 0 Å². The maximum atomic E-state index is 9.47. The Morgan fingerprint density at radius 1 is 1.04 bits per heavy atom. The van der Waals surface area contributed by atoms with E-state index < -0.39 is 0 Å². The van der Waals surface area contributed by atoms with Crippen LogP contribution in [0.5, 0.6) is 0 Å². The zero-order chi connectivity index (χ0) is 16.9. The van der Waals surface area contributed by atoms with Gasteiger partial charge in [0.1, 0.15) is 17.7 Å². The first-order valence-electron chi connectivity index (χ1n) is 6.86. The van der Waals surface area contributed by atoms with Crippen molar-refractivity contribution in [2.24, 2.45) is 0 Å². The number of fused-ring (bicyclic) bond motifs is 2. The van der Waals surface area contributed by atoms with Crippen LogP contribution in [-0.2, 0) is 0 Å². The van der Waals surface area contributed by atoms with E-state index in [0.717, 1.165) is 16.9 Å². The van der Waals surface area contributed by atoms with Gasteiger partial charge in [-0.15, -0.1) is 0 Å². The van der Waals surface area contributed by atoms with E-state index in [1.54, 1.807) is 12.1 Å². The molecule has 0 atom stereocenters. The molecule has 3 rings (SSSR count). The fraction of sp³-hybridized carbons (Fsp3) is 0.125. The van der Waals surface area contributed by atoms with Crippen molar-refractivity contribution in [2.75, 3.05) is 34.5 Å². The number of hydrogen-bond acceptors (Lipinski definition) is 7. The Morgan fingerprint density at radius 3 is 2.35 bits per heavy atom. The Bertz CT molecular complexity index is 931. The number of nitrogen functional groups attached to an aromatic ring is 3. The molecule has 1 heterocycles. The van der Waals surface area contributed by atoms with Crippen LogP contribution in [0.3, 0.4) is 0 Å². The van der Waals surface area contributed by atoms with Crippen LogP contribution in [0.25, 0.3) is 0 Å². The molecule has 0 unspecified atom stereocenters. The minimum Gasteiger partial charge on any atom is -0.399 e. The van der Waals surface area contributed by atoms with E-state index in [9.17, 15) is 10.5 Å². The molecule has 0 saturated heterocycles. The van der Waals surface area contributed by atoms with Gasteiger partial charge < -0.3 is 27.4 Å². The second-order valence-corrected chi connectivity index (χ2v) is 5.42. The summed E-state index contributed by atoms with van der Waals surface area (Å²) >= 11 is 0. The van der Waals surface area contributed by atoms with E-state index in [1.807, 2.05) is 18.9 Å². The quantitative estimate of drug-likeness (QED) is 0.547. The second-order valence-electron chi connectivity index (χ2n) is 5.42. The third-order valence-corrected chi connectivity index (χ3v) is 4.12. The molecule has 1 aliphatic heterocycles. The van der Waals surface area contributed by atoms with Crippen LogP contribution in [0, 0.1) is 29.6 Å². The number of benzene rings is 2. The molecule has 0 saturated carbocycles. The minimum atomic E-state index is 0.238. The second kappa shape index (κ2) is 4.72. The van der Waals surface area contributed by atoms with Gasteiger partial charge >= 0.3 is 0 Å². The zero-order valence-electron chi connectivity index (χ0n) is 12.7. The van der Waals surface area contributed by atoms with E-state index >= 15 is 0 Å². The molecular weight excluding hydrogens is 290 g/mol. The number of anilines is 7. The number of nitrogens with one attached hydrogen (secondary N) is 1. The van der Waals surface area contributed by atoms with E-state index in [2.05, 4.69) is 17.5 Å². The third kappa shape index (κ3) is 1.81. The number of nitrogens with zero attached hydrogens (tertiary/aromatic N) is 3. The van der Waals surface area contributed by atoms with Crippen molar-refractivity contribution in [1.82, 2.24) is 0 Å². The first kappa shape index (κ1) is 14.4. The van der Waals surface area contributed by atoms with Gasteiger partial charge in [-0.05, 0) is 24.6 Å². The number of hydrogen-bond donors (Lipinski definition) is 4. The Hall–Kier alpha value is -3.58. The SMILES string of the molecule is Cc1c(N)c(N)c(C#N)c2c1N(C)c1cc(N)cc(C#N)c1N2. The summed E-state index contributed by atoms with van der Waals surface area (Å²) in [6, 6.07) is 7.56. The maximum Gasteiger partial charge on any atom is 0.104 e. The van der Waals surface area contributed by atoms with Crippen LogP contribution < -0.4 is 27.4 Å². The smallest absolute Gasteiger partial charge is 0.104 e. The Kier molecular flexibility index (Phi) is 2.95. The van der Waals surface area contributed by atoms with Crippen LogP contribution in [-0.4, -0.2) is 7.05 Å². The maximum absolute atomic E-state index is 9.47. The molecular formula is C16H15N7. The van der Waals surface area contributed by atoms with Crippen molar-refractivity contribution in [1.29, 1.82) is 10.5 Å². The average Bonchev–Trinajstić information content (AvgIpc) is 2.53. The molecule has 0 fully saturated rings. The van der Waals surface area contributed by atoms with E-state index in [0.29, 0.717) is 28.3 Å². The molecule has 23 heavy (non-hydrogen) atoms. The van der Waals surface area contributed by atoms with Gasteiger partial charge in [-0.2, -0.15) is 10.5 Å². The van der Waals surface area contributed by atoms with Crippen molar-refractivity contribution in [3.8, 4) is 12.1 Å². The molecule has 0 amide bonds. The van der Waals surface area contributed by atoms with Crippen LogP contribution in [0.15, 0.2) is 12.1 Å². The molecule has 0 aromatic heterocycles. The lowest BCUT2D eigenvalue weighted by atomic mass is 9.97. The summed E-state index contributed by atoms with van der Waals surface area (Å²) in [5.74, 6) is 0. The molecule has 114 valence electrons. The molecule has 7 nitrogen and oxygen atoms in total. The molecule has 7 N–H and O–H groups in total. The lowest BCUT2D eigenvalue weighted by Gasteiger charge is -2.34. The van der Waals surface area contributed by atoms with Gasteiger partial charge in [-0.3, -0.25) is 0 Å². The monoisotopic (exact) mass is 305 g/mol. The highest BCUT2D eigenvalue weighted by Crippen LogP contribution is 2.51. The minimum absolute atomic E-state index is 0.238. The molecule has 0 radical (unpaired) electrons. The predicted octanol–water partition coefficient (Wildman–Crippen LogP) is 2.31. The first-order chi connectivity index (χ1) is 10.9. The highest BCUT2D eigenvalue weighted by Gasteiger charge is 2.29. The Morgan fingerprint density at radius 2 is 1.74 bits per heavy atom. The summed E-state index contributed by atoms with van der Waals surface area (Å²) in [5, 5.41) is 22.0. The molecule has 7 heteroatoms. The normalized spacial score (nSPS) is 11.7. The number of rotatable bonds is 0. The van der Waals surface area contributed by atoms with Gasteiger partial charge in [0.2, 0.25) is 0 Å². The number of nitrogens with two attached hydrogens (primary N) is 3. The van der Waals surface area contributed by atoms with E-state index in [-0.39, 0.29) is 11.3 Å². The molecule has 2 aromatic rings. The van der Waals surface area contributed by atoms with Gasteiger partial charge in [0.15, 0.2) is 0 Å². The van der Waals surface area contributed by atoms with Crippen molar-refractivity contribution >= 4 is 39.8 Å². The van der Waals surface area contributed by atoms with E-state index in [4.69, 9.17) is 17.2 Å². The van der Waals surface area contributed by atoms with Gasteiger partial charge in [0, 0.05) is 12.7 Å². The lowest BCUT2D eigenvalue weighted by Crippen LogP contribution is -2.22. The fourth-order valence-electron chi connectivity index (χ4n) is 2.94. The van der Waals surface area contributed by atoms with Crippen LogP contribution in [0.1, 0.15) is 16.7 Å². The standard InChI is InChI=1S/C16H15N7/c1-7-12(20)13(21)10(6-18)15-16(7)23(2)11-4-9(19)3-8(5-17)14(11)22-15/h3-4,22H,19-21H2,1-2H3. The zero-order valence-corrected chi connectivity index (χ0v) is 12.7.